The average molecular weight is 284 g/mol. The lowest BCUT2D eigenvalue weighted by Gasteiger charge is -1.98. The molecule has 6 heteroatoms. The van der Waals surface area contributed by atoms with Crippen LogP contribution in [0.25, 0.3) is 0 Å². The molecule has 0 saturated heterocycles. The Morgan fingerprint density at radius 3 is 2.89 bits per heavy atom. The number of carbonyl (C=O) groups is 1. The summed E-state index contributed by atoms with van der Waals surface area (Å²) >= 11 is 7.19. The number of thioether (sulfide) groups is 1. The summed E-state index contributed by atoms with van der Waals surface area (Å²) in [6.07, 6.45) is 1.57. The van der Waals surface area contributed by atoms with E-state index < -0.39 is 5.97 Å². The molecule has 0 aromatic carbocycles. The number of rotatable bonds is 4. The molecule has 0 radical (unpaired) electrons. The highest BCUT2D eigenvalue weighted by atomic mass is 35.5. The van der Waals surface area contributed by atoms with Gasteiger partial charge in [-0.3, -0.25) is 0 Å². The van der Waals surface area contributed by atoms with E-state index in [1.54, 1.807) is 31.3 Å². The van der Waals surface area contributed by atoms with E-state index in [4.69, 9.17) is 21.1 Å². The highest BCUT2D eigenvalue weighted by Crippen LogP contribution is 2.24. The summed E-state index contributed by atoms with van der Waals surface area (Å²) in [6, 6.07) is 5.29. The van der Waals surface area contributed by atoms with Crippen molar-refractivity contribution in [3.8, 4) is 0 Å². The summed E-state index contributed by atoms with van der Waals surface area (Å²) in [5.41, 5.74) is 0.627. The number of aromatic nitrogens is 1. The summed E-state index contributed by atoms with van der Waals surface area (Å²) in [6.45, 7) is 1.71. The minimum Gasteiger partial charge on any atom is -0.475 e. The van der Waals surface area contributed by atoms with E-state index in [0.717, 1.165) is 5.03 Å². The van der Waals surface area contributed by atoms with Crippen LogP contribution in [0.15, 0.2) is 33.8 Å². The quantitative estimate of drug-likeness (QED) is 0.868. The smallest absolute Gasteiger partial charge is 0.372 e. The van der Waals surface area contributed by atoms with Gasteiger partial charge in [0.1, 0.15) is 5.76 Å². The molecule has 94 valence electrons. The van der Waals surface area contributed by atoms with Gasteiger partial charge in [0.05, 0.1) is 15.8 Å². The van der Waals surface area contributed by atoms with Crippen molar-refractivity contribution in [2.45, 2.75) is 17.7 Å². The van der Waals surface area contributed by atoms with Gasteiger partial charge in [0, 0.05) is 11.8 Å². The van der Waals surface area contributed by atoms with Crippen LogP contribution in [0.1, 0.15) is 21.9 Å². The molecule has 0 atom stereocenters. The number of carboxylic acid groups (broad SMARTS) is 1. The predicted octanol–water partition coefficient (Wildman–Crippen LogP) is 3.63. The van der Waals surface area contributed by atoms with E-state index in [2.05, 4.69) is 4.98 Å². The van der Waals surface area contributed by atoms with Crippen molar-refractivity contribution >= 4 is 29.3 Å². The average Bonchev–Trinajstić information content (AvgIpc) is 2.70. The number of carboxylic acids is 1. The zero-order valence-corrected chi connectivity index (χ0v) is 11.1. The molecule has 0 bridgehead atoms. The second-order valence-corrected chi connectivity index (χ2v) is 5.07. The Labute approximate surface area is 113 Å². The number of halogens is 1. The molecule has 2 aromatic rings. The molecular formula is C12H10ClNO3S. The van der Waals surface area contributed by atoms with Gasteiger partial charge in [0.25, 0.3) is 0 Å². The molecule has 18 heavy (non-hydrogen) atoms. The largest absolute Gasteiger partial charge is 0.475 e. The van der Waals surface area contributed by atoms with Crippen LogP contribution in [0.2, 0.25) is 5.02 Å². The van der Waals surface area contributed by atoms with E-state index in [1.807, 2.05) is 0 Å². The molecule has 4 nitrogen and oxygen atoms in total. The van der Waals surface area contributed by atoms with Gasteiger partial charge in [-0.25, -0.2) is 9.78 Å². The number of furan rings is 1. The van der Waals surface area contributed by atoms with Crippen LogP contribution in [-0.2, 0) is 5.75 Å². The third kappa shape index (κ3) is 3.05. The molecule has 0 aliphatic carbocycles. The Hall–Kier alpha value is -1.46. The zero-order chi connectivity index (χ0) is 13.1. The number of aromatic carboxylic acids is 1. The molecule has 0 saturated carbocycles. The van der Waals surface area contributed by atoms with Crippen LogP contribution in [0, 0.1) is 6.92 Å². The van der Waals surface area contributed by atoms with Crippen molar-refractivity contribution in [1.82, 2.24) is 4.98 Å². The first-order valence-electron chi connectivity index (χ1n) is 5.13. The zero-order valence-electron chi connectivity index (χ0n) is 9.51. The summed E-state index contributed by atoms with van der Waals surface area (Å²) < 4.78 is 5.25. The number of hydrogen-bond donors (Lipinski definition) is 1. The molecule has 1 N–H and O–H groups in total. The van der Waals surface area contributed by atoms with Crippen molar-refractivity contribution < 1.29 is 14.3 Å². The molecule has 2 heterocycles. The lowest BCUT2D eigenvalue weighted by Crippen LogP contribution is -1.94. The van der Waals surface area contributed by atoms with Gasteiger partial charge in [-0.2, -0.15) is 0 Å². The number of aryl methyl sites for hydroxylation is 1. The first kappa shape index (κ1) is 13.0. The second-order valence-electron chi connectivity index (χ2n) is 3.63. The van der Waals surface area contributed by atoms with Crippen LogP contribution in [0.3, 0.4) is 0 Å². The van der Waals surface area contributed by atoms with Crippen LogP contribution in [0.5, 0.6) is 0 Å². The maximum Gasteiger partial charge on any atom is 0.372 e. The molecule has 0 unspecified atom stereocenters. The summed E-state index contributed by atoms with van der Waals surface area (Å²) in [7, 11) is 0. The third-order valence-electron chi connectivity index (χ3n) is 2.23. The maximum absolute atomic E-state index is 10.8. The van der Waals surface area contributed by atoms with Gasteiger partial charge in [-0.05, 0) is 25.1 Å². The lowest BCUT2D eigenvalue weighted by atomic mass is 10.3. The minimum absolute atomic E-state index is 0.00494. The lowest BCUT2D eigenvalue weighted by molar-refractivity contribution is 0.0659. The highest BCUT2D eigenvalue weighted by molar-refractivity contribution is 7.98. The Morgan fingerprint density at radius 2 is 2.33 bits per heavy atom. The molecule has 0 amide bonds. The molecule has 2 rings (SSSR count). The number of hydrogen-bond acceptors (Lipinski definition) is 4. The van der Waals surface area contributed by atoms with E-state index in [-0.39, 0.29) is 5.76 Å². The van der Waals surface area contributed by atoms with Crippen molar-refractivity contribution in [2.24, 2.45) is 0 Å². The molecule has 0 fully saturated rings. The van der Waals surface area contributed by atoms with Crippen molar-refractivity contribution in [3.63, 3.8) is 0 Å². The first-order chi connectivity index (χ1) is 8.56. The fourth-order valence-corrected chi connectivity index (χ4v) is 2.26. The van der Waals surface area contributed by atoms with Crippen molar-refractivity contribution in [2.75, 3.05) is 0 Å². The van der Waals surface area contributed by atoms with E-state index >= 15 is 0 Å². The highest BCUT2D eigenvalue weighted by Gasteiger charge is 2.14. The van der Waals surface area contributed by atoms with Crippen LogP contribution in [0.4, 0.5) is 0 Å². The topological polar surface area (TPSA) is 63.3 Å². The Balaban J connectivity index is 2.04. The summed E-state index contributed by atoms with van der Waals surface area (Å²) in [5, 5.41) is 10.3. The minimum atomic E-state index is -1.05. The molecule has 0 aliphatic rings. The number of nitrogens with zero attached hydrogens (tertiary/aromatic N) is 1. The number of pyridine rings is 1. The van der Waals surface area contributed by atoms with E-state index in [0.29, 0.717) is 22.1 Å². The fourth-order valence-electron chi connectivity index (χ4n) is 1.42. The molecule has 0 spiro atoms. The fraction of sp³-hybridized carbons (Fsp3) is 0.167. The molecular weight excluding hydrogens is 274 g/mol. The Morgan fingerprint density at radius 1 is 1.56 bits per heavy atom. The van der Waals surface area contributed by atoms with Gasteiger partial charge in [0.2, 0.25) is 5.76 Å². The SMILES string of the molecule is Cc1cc(CSc2ccc(Cl)cn2)oc1C(=O)O. The molecule has 0 aliphatic heterocycles. The first-order valence-corrected chi connectivity index (χ1v) is 6.49. The Bertz CT molecular complexity index is 565. The maximum atomic E-state index is 10.8. The standard InChI is InChI=1S/C12H10ClNO3S/c1-7-4-9(17-11(7)12(15)16)6-18-10-3-2-8(13)5-14-10/h2-5H,6H2,1H3,(H,15,16). The van der Waals surface area contributed by atoms with Gasteiger partial charge in [0.15, 0.2) is 0 Å². The predicted molar refractivity (Wildman–Crippen MR) is 69.2 cm³/mol. The Kier molecular flexibility index (Phi) is 3.93. The van der Waals surface area contributed by atoms with Crippen LogP contribution in [-0.4, -0.2) is 16.1 Å². The summed E-state index contributed by atoms with van der Waals surface area (Å²) in [5.74, 6) is 0.0950. The van der Waals surface area contributed by atoms with E-state index in [9.17, 15) is 4.79 Å². The van der Waals surface area contributed by atoms with Crippen molar-refractivity contribution in [3.05, 3.63) is 46.5 Å². The monoisotopic (exact) mass is 283 g/mol. The van der Waals surface area contributed by atoms with Crippen molar-refractivity contribution in [1.29, 1.82) is 0 Å². The summed E-state index contributed by atoms with van der Waals surface area (Å²) in [4.78, 5) is 14.9. The van der Waals surface area contributed by atoms with Gasteiger partial charge >= 0.3 is 5.97 Å². The second kappa shape index (κ2) is 5.46. The van der Waals surface area contributed by atoms with Gasteiger partial charge < -0.3 is 9.52 Å². The normalized spacial score (nSPS) is 10.6. The molecule has 2 aromatic heterocycles. The van der Waals surface area contributed by atoms with E-state index in [1.165, 1.54) is 11.8 Å². The van der Waals surface area contributed by atoms with Crippen LogP contribution < -0.4 is 0 Å². The van der Waals surface area contributed by atoms with Gasteiger partial charge in [-0.1, -0.05) is 23.4 Å². The van der Waals surface area contributed by atoms with Crippen LogP contribution >= 0.6 is 23.4 Å². The van der Waals surface area contributed by atoms with Gasteiger partial charge in [-0.15, -0.1) is 0 Å². The third-order valence-corrected chi connectivity index (χ3v) is 3.42.